The topological polar surface area (TPSA) is 171 Å². The second kappa shape index (κ2) is 10.5. The van der Waals surface area contributed by atoms with Crippen molar-refractivity contribution in [1.29, 1.82) is 0 Å². The van der Waals surface area contributed by atoms with Gasteiger partial charge in [-0.3, -0.25) is 29.5 Å². The molecule has 3 amide bonds. The van der Waals surface area contributed by atoms with Crippen LogP contribution in [0.3, 0.4) is 0 Å². The highest BCUT2D eigenvalue weighted by Gasteiger charge is 2.70. The van der Waals surface area contributed by atoms with E-state index in [1.54, 1.807) is 21.0 Å². The summed E-state index contributed by atoms with van der Waals surface area (Å²) < 4.78 is 5.44. The molecule has 3 heterocycles. The number of hydrogen-bond acceptors (Lipinski definition) is 9. The maximum absolute atomic E-state index is 13.3. The Labute approximate surface area is 228 Å². The first-order valence-corrected chi connectivity index (χ1v) is 13.2. The van der Waals surface area contributed by atoms with Crippen LogP contribution < -0.4 is 0 Å². The fraction of sp³-hybridized carbons (Fsp3) is 0.520. The van der Waals surface area contributed by atoms with Crippen LogP contribution in [0.25, 0.3) is 0 Å². The minimum atomic E-state index is -1.26. The number of ether oxygens (including phenoxy) is 1. The van der Waals surface area contributed by atoms with Gasteiger partial charge in [-0.15, -0.1) is 11.8 Å². The summed E-state index contributed by atoms with van der Waals surface area (Å²) in [6, 6.07) is 4.59. The van der Waals surface area contributed by atoms with Gasteiger partial charge in [0.2, 0.25) is 11.8 Å². The molecule has 0 bridgehead atoms. The molecule has 14 heteroatoms. The van der Waals surface area contributed by atoms with E-state index in [1.807, 2.05) is 0 Å². The molecule has 0 aromatic heterocycles. The van der Waals surface area contributed by atoms with Crippen molar-refractivity contribution in [2.24, 2.45) is 11.8 Å². The molecule has 1 aromatic rings. The van der Waals surface area contributed by atoms with E-state index in [4.69, 9.17) is 4.74 Å². The standard InChI is InChI=1S/C25H30N4O9S/c1-13-11-17(23(33)34)28-21(31)19(14(2)30)25(13,28)39-18-9-10-27(20(18)22(32)26(3)4)24(35)38-12-15-5-7-16(8-6-15)29(36)37/h5-8,11,13-14,18-20,30H,9-10,12H2,1-4H3,(H,33,34)/t13?,14-,18+,19?,20-,25?/m1/s1. The quantitative estimate of drug-likeness (QED) is 0.270. The number of nitrogens with zero attached hydrogens (tertiary/aromatic N) is 4. The first-order valence-electron chi connectivity index (χ1n) is 12.3. The highest BCUT2D eigenvalue weighted by Crippen LogP contribution is 2.61. The molecule has 3 aliphatic rings. The second-order valence-corrected chi connectivity index (χ2v) is 11.6. The fourth-order valence-electron chi connectivity index (χ4n) is 5.57. The molecule has 3 unspecified atom stereocenters. The van der Waals surface area contributed by atoms with Gasteiger partial charge < -0.3 is 19.8 Å². The van der Waals surface area contributed by atoms with Gasteiger partial charge in [0.15, 0.2) is 0 Å². The van der Waals surface area contributed by atoms with Crippen LogP contribution in [0.1, 0.15) is 25.8 Å². The summed E-state index contributed by atoms with van der Waals surface area (Å²) in [5, 5.41) is 30.5. The summed E-state index contributed by atoms with van der Waals surface area (Å²) in [4.78, 5) is 64.4. The number of nitro groups is 1. The number of carbonyl (C=O) groups excluding carboxylic acids is 3. The van der Waals surface area contributed by atoms with Crippen molar-refractivity contribution in [3.8, 4) is 0 Å². The van der Waals surface area contributed by atoms with E-state index in [2.05, 4.69) is 0 Å². The third kappa shape index (κ3) is 4.71. The molecular formula is C25H30N4O9S. The number of non-ortho nitro benzene ring substituents is 1. The van der Waals surface area contributed by atoms with Crippen molar-refractivity contribution in [3.63, 3.8) is 0 Å². The molecule has 39 heavy (non-hydrogen) atoms. The number of nitro benzene ring substituents is 1. The summed E-state index contributed by atoms with van der Waals surface area (Å²) in [5.41, 5.74) is 0.273. The van der Waals surface area contributed by atoms with Crippen LogP contribution in [0.2, 0.25) is 0 Å². The molecule has 13 nitrogen and oxygen atoms in total. The SMILES string of the molecule is CC1C=C(C(=O)O)N2C(=O)C([C@@H](C)O)C12S[C@H]1CCN(C(=O)OCc2ccc([N+](=O)[O-])cc2)[C@H]1C(=O)N(C)C. The maximum Gasteiger partial charge on any atom is 0.410 e. The smallest absolute Gasteiger partial charge is 0.410 e. The number of aliphatic hydroxyl groups is 1. The Bertz CT molecular complexity index is 1230. The van der Waals surface area contributed by atoms with Crippen LogP contribution >= 0.6 is 11.8 Å². The van der Waals surface area contributed by atoms with Gasteiger partial charge in [0, 0.05) is 43.9 Å². The number of aliphatic carboxylic acids is 1. The Morgan fingerprint density at radius 1 is 1.28 bits per heavy atom. The van der Waals surface area contributed by atoms with E-state index in [0.29, 0.717) is 12.0 Å². The van der Waals surface area contributed by atoms with Crippen molar-refractivity contribution in [2.45, 2.75) is 49.1 Å². The maximum atomic E-state index is 13.3. The lowest BCUT2D eigenvalue weighted by molar-refractivity contribution is -0.384. The number of thioether (sulfide) groups is 1. The van der Waals surface area contributed by atoms with Crippen molar-refractivity contribution in [2.75, 3.05) is 20.6 Å². The minimum absolute atomic E-state index is 0.0961. The number of fused-ring (bicyclic) bond motifs is 1. The molecule has 6 atom stereocenters. The van der Waals surface area contributed by atoms with E-state index in [-0.39, 0.29) is 30.4 Å². The van der Waals surface area contributed by atoms with Gasteiger partial charge >= 0.3 is 12.1 Å². The molecule has 1 aromatic carbocycles. The number of amides is 3. The average molecular weight is 563 g/mol. The number of carbonyl (C=O) groups is 4. The van der Waals surface area contributed by atoms with Crippen LogP contribution in [-0.2, 0) is 25.7 Å². The largest absolute Gasteiger partial charge is 0.477 e. The first kappa shape index (κ1) is 28.4. The molecule has 0 spiro atoms. The molecule has 0 saturated carbocycles. The highest BCUT2D eigenvalue weighted by molar-refractivity contribution is 8.01. The number of hydrogen-bond donors (Lipinski definition) is 2. The third-order valence-corrected chi connectivity index (χ3v) is 9.39. The predicted molar refractivity (Wildman–Crippen MR) is 138 cm³/mol. The lowest BCUT2D eigenvalue weighted by Gasteiger charge is -2.57. The zero-order valence-electron chi connectivity index (χ0n) is 21.8. The zero-order valence-corrected chi connectivity index (χ0v) is 22.7. The van der Waals surface area contributed by atoms with E-state index in [0.717, 1.165) is 0 Å². The number of aliphatic hydroxyl groups excluding tert-OH is 1. The summed E-state index contributed by atoms with van der Waals surface area (Å²) in [7, 11) is 3.11. The first-order chi connectivity index (χ1) is 18.3. The van der Waals surface area contributed by atoms with Gasteiger partial charge in [0.25, 0.3) is 5.69 Å². The Hall–Kier alpha value is -3.65. The van der Waals surface area contributed by atoms with Crippen molar-refractivity contribution in [1.82, 2.24) is 14.7 Å². The van der Waals surface area contributed by atoms with Gasteiger partial charge in [-0.25, -0.2) is 9.59 Å². The normalized spacial score (nSPS) is 28.3. The zero-order chi connectivity index (χ0) is 28.8. The molecule has 2 saturated heterocycles. The number of carboxylic acid groups (broad SMARTS) is 1. The van der Waals surface area contributed by atoms with Gasteiger partial charge in [-0.1, -0.05) is 6.92 Å². The van der Waals surface area contributed by atoms with Crippen LogP contribution in [0, 0.1) is 22.0 Å². The summed E-state index contributed by atoms with van der Waals surface area (Å²) >= 11 is 1.24. The van der Waals surface area contributed by atoms with Crippen molar-refractivity contribution in [3.05, 3.63) is 51.7 Å². The number of likely N-dealkylation sites (tertiary alicyclic amines) is 1. The van der Waals surface area contributed by atoms with Crippen LogP contribution in [0.15, 0.2) is 36.0 Å². The Morgan fingerprint density at radius 3 is 2.46 bits per heavy atom. The molecule has 0 aliphatic carbocycles. The lowest BCUT2D eigenvalue weighted by atomic mass is 9.78. The molecular weight excluding hydrogens is 532 g/mol. The van der Waals surface area contributed by atoms with Gasteiger partial charge in [-0.2, -0.15) is 0 Å². The number of rotatable bonds is 8. The summed E-state index contributed by atoms with van der Waals surface area (Å²) in [6.45, 7) is 3.27. The van der Waals surface area contributed by atoms with E-state index < -0.39 is 57.0 Å². The van der Waals surface area contributed by atoms with Gasteiger partial charge in [0.05, 0.1) is 16.9 Å². The van der Waals surface area contributed by atoms with E-state index >= 15 is 0 Å². The Kier molecular flexibility index (Phi) is 7.63. The summed E-state index contributed by atoms with van der Waals surface area (Å²) in [6.07, 6.45) is 0.0558. The number of benzene rings is 1. The Balaban J connectivity index is 1.56. The molecule has 210 valence electrons. The van der Waals surface area contributed by atoms with Crippen molar-refractivity contribution < 1.29 is 39.1 Å². The molecule has 2 N–H and O–H groups in total. The monoisotopic (exact) mass is 562 g/mol. The molecule has 3 aliphatic heterocycles. The highest BCUT2D eigenvalue weighted by atomic mass is 32.2. The van der Waals surface area contributed by atoms with Gasteiger partial charge in [0.1, 0.15) is 23.2 Å². The fourth-order valence-corrected chi connectivity index (χ4v) is 7.69. The summed E-state index contributed by atoms with van der Waals surface area (Å²) in [5.74, 6) is -3.45. The number of carboxylic acids is 1. The van der Waals surface area contributed by atoms with Crippen LogP contribution in [-0.4, -0.2) is 96.6 Å². The van der Waals surface area contributed by atoms with Gasteiger partial charge in [-0.05, 0) is 37.1 Å². The van der Waals surface area contributed by atoms with E-state index in [1.165, 1.54) is 63.7 Å². The Morgan fingerprint density at radius 2 is 1.92 bits per heavy atom. The molecule has 0 radical (unpaired) electrons. The molecule has 2 fully saturated rings. The predicted octanol–water partition coefficient (Wildman–Crippen LogP) is 1.65. The lowest BCUT2D eigenvalue weighted by Crippen LogP contribution is -2.72. The minimum Gasteiger partial charge on any atom is -0.477 e. The third-order valence-electron chi connectivity index (χ3n) is 7.40. The van der Waals surface area contributed by atoms with Crippen LogP contribution in [0.4, 0.5) is 10.5 Å². The number of likely N-dealkylation sites (N-methyl/N-ethyl adjacent to an activating group) is 1. The second-order valence-electron chi connectivity index (χ2n) is 10.1. The van der Waals surface area contributed by atoms with Crippen molar-refractivity contribution >= 4 is 41.3 Å². The van der Waals surface area contributed by atoms with E-state index in [9.17, 15) is 39.5 Å². The average Bonchev–Trinajstić information content (AvgIpc) is 3.39. The van der Waals surface area contributed by atoms with Crippen LogP contribution in [0.5, 0.6) is 0 Å². The number of β-lactam (4-membered cyclic amide) rings is 1. The molecule has 4 rings (SSSR count).